The molecule has 2 nitrogen and oxygen atoms in total. The van der Waals surface area contributed by atoms with Gasteiger partial charge in [0.1, 0.15) is 5.01 Å². The summed E-state index contributed by atoms with van der Waals surface area (Å²) in [5, 5.41) is 13.5. The zero-order valence-electron chi connectivity index (χ0n) is 5.52. The molecule has 0 bridgehead atoms. The predicted octanol–water partition coefficient (Wildman–Crippen LogP) is 2.58. The van der Waals surface area contributed by atoms with Gasteiger partial charge in [-0.25, -0.2) is 4.98 Å². The molecule has 56 valence electrons. The Morgan fingerprint density at radius 1 is 1.36 bits per heavy atom. The fourth-order valence-electron chi connectivity index (χ4n) is 0.779. The van der Waals surface area contributed by atoms with Gasteiger partial charge in [-0.05, 0) is 11.4 Å². The van der Waals surface area contributed by atoms with E-state index in [9.17, 15) is 0 Å². The van der Waals surface area contributed by atoms with E-state index in [1.807, 2.05) is 17.5 Å². The van der Waals surface area contributed by atoms with E-state index in [1.54, 1.807) is 16.7 Å². The first-order valence-electron chi connectivity index (χ1n) is 3.04. The molecule has 2 rings (SSSR count). The lowest BCUT2D eigenvalue weighted by Crippen LogP contribution is -1.66. The van der Waals surface area contributed by atoms with Crippen molar-refractivity contribution in [3.8, 4) is 15.8 Å². The van der Waals surface area contributed by atoms with Gasteiger partial charge >= 0.3 is 0 Å². The Morgan fingerprint density at radius 3 is 2.82 bits per heavy atom. The fourth-order valence-corrected chi connectivity index (χ4v) is 2.27. The summed E-state index contributed by atoms with van der Waals surface area (Å²) in [6, 6.07) is 3.96. The molecule has 2 aromatic rings. The molecule has 0 radical (unpaired) electrons. The minimum absolute atomic E-state index is 0.110. The van der Waals surface area contributed by atoms with E-state index < -0.39 is 0 Å². The van der Waals surface area contributed by atoms with Crippen LogP contribution in [0.1, 0.15) is 0 Å². The number of aromatic nitrogens is 1. The maximum absolute atomic E-state index is 8.96. The molecule has 0 fully saturated rings. The molecule has 0 aliphatic rings. The second kappa shape index (κ2) is 2.64. The third kappa shape index (κ3) is 1.27. The van der Waals surface area contributed by atoms with E-state index in [0.29, 0.717) is 0 Å². The van der Waals surface area contributed by atoms with Crippen molar-refractivity contribution in [2.45, 2.75) is 0 Å². The van der Waals surface area contributed by atoms with E-state index in [-0.39, 0.29) is 5.88 Å². The SMILES string of the molecule is Oc1csc(-c2cccs2)n1. The zero-order chi connectivity index (χ0) is 7.68. The Bertz CT molecular complexity index is 339. The first-order valence-corrected chi connectivity index (χ1v) is 4.80. The van der Waals surface area contributed by atoms with Crippen LogP contribution in [-0.2, 0) is 0 Å². The maximum atomic E-state index is 8.96. The molecule has 0 aliphatic heterocycles. The Kier molecular flexibility index (Phi) is 1.63. The van der Waals surface area contributed by atoms with Crippen molar-refractivity contribution in [1.82, 2.24) is 4.98 Å². The summed E-state index contributed by atoms with van der Waals surface area (Å²) in [7, 11) is 0. The van der Waals surface area contributed by atoms with E-state index in [0.717, 1.165) is 9.88 Å². The molecule has 0 spiro atoms. The second-order valence-electron chi connectivity index (χ2n) is 1.99. The highest BCUT2D eigenvalue weighted by Gasteiger charge is 2.02. The normalized spacial score (nSPS) is 10.2. The third-order valence-corrected chi connectivity index (χ3v) is 3.09. The van der Waals surface area contributed by atoms with Crippen molar-refractivity contribution < 1.29 is 5.11 Å². The number of thiophene rings is 1. The summed E-state index contributed by atoms with van der Waals surface area (Å²) >= 11 is 3.08. The van der Waals surface area contributed by atoms with Crippen molar-refractivity contribution in [2.75, 3.05) is 0 Å². The van der Waals surface area contributed by atoms with Crippen LogP contribution < -0.4 is 0 Å². The Hall–Kier alpha value is -0.870. The lowest BCUT2D eigenvalue weighted by atomic mass is 10.5. The highest BCUT2D eigenvalue weighted by molar-refractivity contribution is 7.20. The number of hydrogen-bond donors (Lipinski definition) is 1. The standard InChI is InChI=1S/C7H5NOS2/c9-6-4-11-7(8-6)5-2-1-3-10-5/h1-4,9H. The predicted molar refractivity (Wildman–Crippen MR) is 47.1 cm³/mol. The van der Waals surface area contributed by atoms with Gasteiger partial charge in [-0.2, -0.15) is 0 Å². The number of rotatable bonds is 1. The van der Waals surface area contributed by atoms with Crippen LogP contribution in [0.3, 0.4) is 0 Å². The second-order valence-corrected chi connectivity index (χ2v) is 3.79. The van der Waals surface area contributed by atoms with Crippen molar-refractivity contribution in [1.29, 1.82) is 0 Å². The molecule has 0 aliphatic carbocycles. The van der Waals surface area contributed by atoms with Gasteiger partial charge in [-0.15, -0.1) is 22.7 Å². The van der Waals surface area contributed by atoms with Crippen LogP contribution in [0.4, 0.5) is 0 Å². The summed E-state index contributed by atoms with van der Waals surface area (Å²) in [5.41, 5.74) is 0. The van der Waals surface area contributed by atoms with Gasteiger partial charge in [-0.3, -0.25) is 0 Å². The van der Waals surface area contributed by atoms with Crippen LogP contribution in [-0.4, -0.2) is 10.1 Å². The Balaban J connectivity index is 2.45. The Morgan fingerprint density at radius 2 is 2.27 bits per heavy atom. The molecule has 0 saturated heterocycles. The highest BCUT2D eigenvalue weighted by Crippen LogP contribution is 2.29. The highest BCUT2D eigenvalue weighted by atomic mass is 32.1. The van der Waals surface area contributed by atoms with Crippen molar-refractivity contribution >= 4 is 22.7 Å². The molecule has 2 aromatic heterocycles. The summed E-state index contributed by atoms with van der Waals surface area (Å²) in [6.07, 6.45) is 0. The summed E-state index contributed by atoms with van der Waals surface area (Å²) in [4.78, 5) is 5.04. The van der Waals surface area contributed by atoms with Gasteiger partial charge in [0.15, 0.2) is 0 Å². The van der Waals surface area contributed by atoms with Crippen molar-refractivity contribution in [3.63, 3.8) is 0 Å². The monoisotopic (exact) mass is 183 g/mol. The summed E-state index contributed by atoms with van der Waals surface area (Å²) in [6.45, 7) is 0. The van der Waals surface area contributed by atoms with Crippen LogP contribution in [0.2, 0.25) is 0 Å². The maximum Gasteiger partial charge on any atom is 0.222 e. The van der Waals surface area contributed by atoms with E-state index in [1.165, 1.54) is 11.3 Å². The minimum atomic E-state index is 0.110. The van der Waals surface area contributed by atoms with Crippen LogP contribution in [0.15, 0.2) is 22.9 Å². The van der Waals surface area contributed by atoms with Gasteiger partial charge in [0.05, 0.1) is 10.3 Å². The van der Waals surface area contributed by atoms with Gasteiger partial charge in [-0.1, -0.05) is 6.07 Å². The molecule has 11 heavy (non-hydrogen) atoms. The van der Waals surface area contributed by atoms with Gasteiger partial charge in [0.25, 0.3) is 0 Å². The van der Waals surface area contributed by atoms with Crippen LogP contribution >= 0.6 is 22.7 Å². The Labute approximate surface area is 71.8 Å². The molecule has 4 heteroatoms. The van der Waals surface area contributed by atoms with E-state index >= 15 is 0 Å². The van der Waals surface area contributed by atoms with Crippen LogP contribution in [0.5, 0.6) is 5.88 Å². The van der Waals surface area contributed by atoms with Crippen molar-refractivity contribution in [2.24, 2.45) is 0 Å². The van der Waals surface area contributed by atoms with Crippen LogP contribution in [0, 0.1) is 0 Å². The number of thiazole rings is 1. The molecule has 0 amide bonds. The largest absolute Gasteiger partial charge is 0.493 e. The fraction of sp³-hybridized carbons (Fsp3) is 0. The van der Waals surface area contributed by atoms with E-state index in [4.69, 9.17) is 5.11 Å². The lowest BCUT2D eigenvalue weighted by molar-refractivity contribution is 0.458. The first kappa shape index (κ1) is 6.82. The van der Waals surface area contributed by atoms with Gasteiger partial charge in [0, 0.05) is 0 Å². The molecule has 0 unspecified atom stereocenters. The lowest BCUT2D eigenvalue weighted by Gasteiger charge is -1.84. The number of aromatic hydroxyl groups is 1. The molecule has 0 saturated carbocycles. The molecule has 1 N–H and O–H groups in total. The minimum Gasteiger partial charge on any atom is -0.493 e. The smallest absolute Gasteiger partial charge is 0.222 e. The van der Waals surface area contributed by atoms with Crippen LogP contribution in [0.25, 0.3) is 9.88 Å². The number of nitrogens with zero attached hydrogens (tertiary/aromatic N) is 1. The topological polar surface area (TPSA) is 33.1 Å². The molecule has 0 atom stereocenters. The molecule has 2 heterocycles. The zero-order valence-corrected chi connectivity index (χ0v) is 7.15. The van der Waals surface area contributed by atoms with Gasteiger partial charge < -0.3 is 5.11 Å². The van der Waals surface area contributed by atoms with Crippen molar-refractivity contribution in [3.05, 3.63) is 22.9 Å². The van der Waals surface area contributed by atoms with Gasteiger partial charge in [0.2, 0.25) is 5.88 Å². The quantitative estimate of drug-likeness (QED) is 0.737. The number of hydrogen-bond acceptors (Lipinski definition) is 4. The third-order valence-electron chi connectivity index (χ3n) is 1.22. The average Bonchev–Trinajstić information content (AvgIpc) is 2.55. The molecule has 0 aromatic carbocycles. The summed E-state index contributed by atoms with van der Waals surface area (Å²) in [5.74, 6) is 0.110. The molecular weight excluding hydrogens is 178 g/mol. The first-order chi connectivity index (χ1) is 5.36. The summed E-state index contributed by atoms with van der Waals surface area (Å²) < 4.78 is 0. The molecular formula is C7H5NOS2. The average molecular weight is 183 g/mol. The van der Waals surface area contributed by atoms with E-state index in [2.05, 4.69) is 4.98 Å².